The van der Waals surface area contributed by atoms with E-state index in [9.17, 15) is 9.59 Å². The summed E-state index contributed by atoms with van der Waals surface area (Å²) in [7, 11) is 1.37. The molecule has 0 unspecified atom stereocenters. The van der Waals surface area contributed by atoms with Crippen LogP contribution in [-0.2, 0) is 9.53 Å². The Morgan fingerprint density at radius 2 is 2.28 bits per heavy atom. The highest BCUT2D eigenvalue weighted by Crippen LogP contribution is 2.21. The summed E-state index contributed by atoms with van der Waals surface area (Å²) in [6.45, 7) is 1.04. The molecule has 2 heterocycles. The number of nitrogens with zero attached hydrogens (tertiary/aromatic N) is 1. The van der Waals surface area contributed by atoms with Gasteiger partial charge in [0.25, 0.3) is 5.91 Å². The molecule has 5 nitrogen and oxygen atoms in total. The summed E-state index contributed by atoms with van der Waals surface area (Å²) in [5.74, 6) is -0.388. The fourth-order valence-corrected chi connectivity index (χ4v) is 2.41. The minimum absolute atomic E-state index is 0.186. The van der Waals surface area contributed by atoms with E-state index in [0.717, 1.165) is 12.8 Å². The first-order chi connectivity index (χ1) is 8.61. The molecule has 98 valence electrons. The van der Waals surface area contributed by atoms with E-state index in [1.54, 1.807) is 17.0 Å². The molecule has 0 saturated carbocycles. The predicted molar refractivity (Wildman–Crippen MR) is 67.1 cm³/mol. The fraction of sp³-hybridized carbons (Fsp3) is 0.500. The van der Waals surface area contributed by atoms with Crippen molar-refractivity contribution in [2.24, 2.45) is 5.92 Å². The van der Waals surface area contributed by atoms with Crippen LogP contribution in [0.25, 0.3) is 0 Å². The molecule has 2 rings (SSSR count). The molecule has 0 bridgehead atoms. The zero-order valence-electron chi connectivity index (χ0n) is 10.0. The van der Waals surface area contributed by atoms with Crippen LogP contribution < -0.4 is 0 Å². The van der Waals surface area contributed by atoms with Gasteiger partial charge in [-0.2, -0.15) is 0 Å². The van der Waals surface area contributed by atoms with Crippen LogP contribution in [0.3, 0.4) is 0 Å². The molecule has 0 spiro atoms. The van der Waals surface area contributed by atoms with E-state index < -0.39 is 0 Å². The normalized spacial score (nSPS) is 19.7. The number of amides is 1. The van der Waals surface area contributed by atoms with Crippen molar-refractivity contribution in [2.75, 3.05) is 20.2 Å². The summed E-state index contributed by atoms with van der Waals surface area (Å²) in [5, 5.41) is 0. The highest BCUT2D eigenvalue weighted by atomic mass is 79.9. The van der Waals surface area contributed by atoms with Gasteiger partial charge in [0, 0.05) is 13.1 Å². The van der Waals surface area contributed by atoms with Gasteiger partial charge in [-0.05, 0) is 40.9 Å². The molecule has 1 aliphatic heterocycles. The fourth-order valence-electron chi connectivity index (χ4n) is 2.11. The molecule has 1 amide bonds. The monoisotopic (exact) mass is 315 g/mol. The lowest BCUT2D eigenvalue weighted by atomic mass is 9.98. The number of methoxy groups -OCH3 is 1. The number of esters is 1. The molecule has 1 atom stereocenters. The maximum Gasteiger partial charge on any atom is 0.310 e. The zero-order valence-corrected chi connectivity index (χ0v) is 11.6. The summed E-state index contributed by atoms with van der Waals surface area (Å²) in [4.78, 5) is 25.2. The van der Waals surface area contributed by atoms with Gasteiger partial charge >= 0.3 is 5.97 Å². The molecule has 1 aromatic rings. The Hall–Kier alpha value is -1.30. The summed E-state index contributed by atoms with van der Waals surface area (Å²) in [5.41, 5.74) is 0. The van der Waals surface area contributed by atoms with Gasteiger partial charge in [-0.1, -0.05) is 0 Å². The average molecular weight is 316 g/mol. The van der Waals surface area contributed by atoms with Crippen molar-refractivity contribution in [2.45, 2.75) is 12.8 Å². The van der Waals surface area contributed by atoms with E-state index in [0.29, 0.717) is 17.8 Å². The largest absolute Gasteiger partial charge is 0.469 e. The quantitative estimate of drug-likeness (QED) is 0.784. The van der Waals surface area contributed by atoms with Crippen LogP contribution >= 0.6 is 15.9 Å². The summed E-state index contributed by atoms with van der Waals surface area (Å²) >= 11 is 3.16. The Morgan fingerprint density at radius 3 is 2.89 bits per heavy atom. The van der Waals surface area contributed by atoms with Crippen LogP contribution in [0.2, 0.25) is 0 Å². The highest BCUT2D eigenvalue weighted by Gasteiger charge is 2.30. The van der Waals surface area contributed by atoms with Crippen LogP contribution in [0.1, 0.15) is 23.4 Å². The molecule has 1 saturated heterocycles. The van der Waals surface area contributed by atoms with E-state index in [1.807, 2.05) is 0 Å². The molecule has 6 heteroatoms. The third-order valence-electron chi connectivity index (χ3n) is 3.03. The van der Waals surface area contributed by atoms with Gasteiger partial charge in [0.1, 0.15) is 0 Å². The second-order valence-electron chi connectivity index (χ2n) is 4.22. The third kappa shape index (κ3) is 2.75. The number of carbonyl (C=O) groups excluding carboxylic acids is 2. The van der Waals surface area contributed by atoms with Gasteiger partial charge in [-0.15, -0.1) is 0 Å². The van der Waals surface area contributed by atoms with Crippen molar-refractivity contribution in [1.82, 2.24) is 4.90 Å². The van der Waals surface area contributed by atoms with E-state index in [-0.39, 0.29) is 23.6 Å². The Labute approximate surface area is 113 Å². The number of likely N-dealkylation sites (tertiary alicyclic amines) is 1. The van der Waals surface area contributed by atoms with Crippen molar-refractivity contribution in [3.05, 3.63) is 22.6 Å². The van der Waals surface area contributed by atoms with Crippen LogP contribution in [0, 0.1) is 5.92 Å². The number of rotatable bonds is 2. The molecular weight excluding hydrogens is 302 g/mol. The number of furan rings is 1. The van der Waals surface area contributed by atoms with Crippen molar-refractivity contribution in [3.8, 4) is 0 Å². The first kappa shape index (κ1) is 13.1. The molecule has 0 radical (unpaired) electrons. The topological polar surface area (TPSA) is 59.8 Å². The lowest BCUT2D eigenvalue weighted by Gasteiger charge is -2.30. The van der Waals surface area contributed by atoms with Crippen LogP contribution in [0.4, 0.5) is 0 Å². The molecule has 1 aromatic heterocycles. The Kier molecular flexibility index (Phi) is 4.06. The predicted octanol–water partition coefficient (Wildman–Crippen LogP) is 2.07. The number of piperidine rings is 1. The molecule has 0 N–H and O–H groups in total. The molecule has 18 heavy (non-hydrogen) atoms. The van der Waals surface area contributed by atoms with Gasteiger partial charge in [-0.3, -0.25) is 9.59 Å². The minimum atomic E-state index is -0.256. The standard InChI is InChI=1S/C12H14BrNO4/c1-17-12(16)8-3-2-6-14(7-8)11(15)9-4-5-10(13)18-9/h4-5,8H,2-3,6-7H2,1H3/t8-/m0/s1. The molecule has 1 fully saturated rings. The van der Waals surface area contributed by atoms with E-state index in [1.165, 1.54) is 7.11 Å². The van der Waals surface area contributed by atoms with Gasteiger partial charge in [0.15, 0.2) is 10.4 Å². The van der Waals surface area contributed by atoms with Gasteiger partial charge in [0.2, 0.25) is 0 Å². The lowest BCUT2D eigenvalue weighted by molar-refractivity contribution is -0.146. The highest BCUT2D eigenvalue weighted by molar-refractivity contribution is 9.10. The van der Waals surface area contributed by atoms with Crippen LogP contribution in [0.5, 0.6) is 0 Å². The van der Waals surface area contributed by atoms with E-state index >= 15 is 0 Å². The Balaban J connectivity index is 2.05. The number of carbonyl (C=O) groups is 2. The smallest absolute Gasteiger partial charge is 0.310 e. The van der Waals surface area contributed by atoms with Crippen LogP contribution in [0.15, 0.2) is 21.2 Å². The van der Waals surface area contributed by atoms with Crippen LogP contribution in [-0.4, -0.2) is 37.0 Å². The van der Waals surface area contributed by atoms with E-state index in [4.69, 9.17) is 9.15 Å². The first-order valence-corrected chi connectivity index (χ1v) is 6.53. The van der Waals surface area contributed by atoms with Gasteiger partial charge < -0.3 is 14.1 Å². The first-order valence-electron chi connectivity index (χ1n) is 5.74. The van der Waals surface area contributed by atoms with Gasteiger partial charge in [0.05, 0.1) is 13.0 Å². The number of ether oxygens (including phenoxy) is 1. The van der Waals surface area contributed by atoms with Crippen molar-refractivity contribution in [1.29, 1.82) is 0 Å². The Bertz CT molecular complexity index is 457. The number of hydrogen-bond donors (Lipinski definition) is 0. The van der Waals surface area contributed by atoms with Crippen molar-refractivity contribution in [3.63, 3.8) is 0 Å². The number of hydrogen-bond acceptors (Lipinski definition) is 4. The maximum absolute atomic E-state index is 12.1. The summed E-state index contributed by atoms with van der Waals surface area (Å²) in [6, 6.07) is 3.29. The summed E-state index contributed by atoms with van der Waals surface area (Å²) < 4.78 is 10.5. The van der Waals surface area contributed by atoms with Gasteiger partial charge in [-0.25, -0.2) is 0 Å². The maximum atomic E-state index is 12.1. The molecular formula is C12H14BrNO4. The molecule has 0 aromatic carbocycles. The van der Waals surface area contributed by atoms with E-state index in [2.05, 4.69) is 15.9 Å². The van der Waals surface area contributed by atoms with Crippen molar-refractivity contribution >= 4 is 27.8 Å². The Morgan fingerprint density at radius 1 is 1.50 bits per heavy atom. The summed E-state index contributed by atoms with van der Waals surface area (Å²) in [6.07, 6.45) is 1.56. The number of halogens is 1. The molecule has 1 aliphatic rings. The van der Waals surface area contributed by atoms with Crippen molar-refractivity contribution < 1.29 is 18.7 Å². The third-order valence-corrected chi connectivity index (χ3v) is 3.45. The SMILES string of the molecule is COC(=O)[C@H]1CCCN(C(=O)c2ccc(Br)o2)C1. The molecule has 0 aliphatic carbocycles. The average Bonchev–Trinajstić information content (AvgIpc) is 2.83. The zero-order chi connectivity index (χ0) is 13.1. The second-order valence-corrected chi connectivity index (χ2v) is 5.00. The second kappa shape index (κ2) is 5.56. The minimum Gasteiger partial charge on any atom is -0.469 e. The lowest BCUT2D eigenvalue weighted by Crippen LogP contribution is -2.42.